The molecule has 0 atom stereocenters. The second-order valence-electron chi connectivity index (χ2n) is 4.05. The van der Waals surface area contributed by atoms with Crippen LogP contribution in [0.3, 0.4) is 0 Å². The molecule has 0 spiro atoms. The molecule has 2 rings (SSSR count). The maximum Gasteiger partial charge on any atom is 0.131 e. The van der Waals surface area contributed by atoms with Crippen molar-refractivity contribution < 1.29 is 4.74 Å². The van der Waals surface area contributed by atoms with Gasteiger partial charge in [-0.15, -0.1) is 11.6 Å². The van der Waals surface area contributed by atoms with Gasteiger partial charge >= 0.3 is 0 Å². The number of rotatable bonds is 4. The van der Waals surface area contributed by atoms with Crippen molar-refractivity contribution >= 4 is 27.5 Å². The number of ether oxygens (including phenoxy) is 1. The maximum absolute atomic E-state index is 5.86. The lowest BCUT2D eigenvalue weighted by Gasteiger charge is -2.10. The highest BCUT2D eigenvalue weighted by Crippen LogP contribution is 2.29. The highest BCUT2D eigenvalue weighted by Gasteiger charge is 2.04. The molecule has 94 valence electrons. The molecular weight excluding hydrogens is 312 g/mol. The summed E-state index contributed by atoms with van der Waals surface area (Å²) in [6.45, 7) is 2.03. The summed E-state index contributed by atoms with van der Waals surface area (Å²) in [5.74, 6) is 2.36. The predicted octanol–water partition coefficient (Wildman–Crippen LogP) is 5.33. The van der Waals surface area contributed by atoms with E-state index in [1.54, 1.807) is 0 Å². The lowest BCUT2D eigenvalue weighted by atomic mass is 10.1. The molecule has 0 bridgehead atoms. The van der Waals surface area contributed by atoms with E-state index in [-0.39, 0.29) is 0 Å². The highest BCUT2D eigenvalue weighted by atomic mass is 79.9. The van der Waals surface area contributed by atoms with Crippen LogP contribution in [0.2, 0.25) is 0 Å². The van der Waals surface area contributed by atoms with Gasteiger partial charge in [0.2, 0.25) is 0 Å². The summed E-state index contributed by atoms with van der Waals surface area (Å²) >= 11 is 9.20. The minimum absolute atomic E-state index is 0.644. The van der Waals surface area contributed by atoms with Crippen LogP contribution < -0.4 is 4.74 Å². The molecule has 0 unspecified atom stereocenters. The van der Waals surface area contributed by atoms with E-state index < -0.39 is 0 Å². The summed E-state index contributed by atoms with van der Waals surface area (Å²) in [5, 5.41) is 0. The van der Waals surface area contributed by atoms with E-state index in [9.17, 15) is 0 Å². The Labute approximate surface area is 121 Å². The van der Waals surface area contributed by atoms with E-state index in [0.29, 0.717) is 5.88 Å². The molecule has 0 radical (unpaired) electrons. The number of hydrogen-bond donors (Lipinski definition) is 0. The summed E-state index contributed by atoms with van der Waals surface area (Å²) in [4.78, 5) is 0. The van der Waals surface area contributed by atoms with Crippen molar-refractivity contribution in [2.24, 2.45) is 0 Å². The van der Waals surface area contributed by atoms with Gasteiger partial charge in [-0.25, -0.2) is 0 Å². The first kappa shape index (κ1) is 13.4. The Morgan fingerprint density at radius 2 is 1.83 bits per heavy atom. The van der Waals surface area contributed by atoms with Gasteiger partial charge < -0.3 is 4.74 Å². The normalized spacial score (nSPS) is 10.4. The molecule has 0 aliphatic carbocycles. The molecule has 2 aromatic rings. The van der Waals surface area contributed by atoms with E-state index in [1.807, 2.05) is 49.4 Å². The number of alkyl halides is 1. The van der Waals surface area contributed by atoms with E-state index >= 15 is 0 Å². The van der Waals surface area contributed by atoms with Gasteiger partial charge in [-0.3, -0.25) is 0 Å². The molecule has 3 heteroatoms. The van der Waals surface area contributed by atoms with Crippen molar-refractivity contribution in [3.63, 3.8) is 0 Å². The predicted molar refractivity (Wildman–Crippen MR) is 79.8 cm³/mol. The topological polar surface area (TPSA) is 9.23 Å². The first-order valence-electron chi connectivity index (χ1n) is 5.78. The Morgan fingerprint density at radius 3 is 2.50 bits per heavy atom. The van der Waals surface area contributed by atoms with Gasteiger partial charge in [0.15, 0.2) is 0 Å². The summed E-state index contributed by atoms with van der Waals surface area (Å²) < 4.78 is 6.91. The van der Waals surface area contributed by atoms with Crippen LogP contribution in [0.15, 0.2) is 46.9 Å². The summed E-state index contributed by atoms with van der Waals surface area (Å²) in [6, 6.07) is 14.0. The molecule has 0 amide bonds. The number of aryl methyl sites for hydroxylation is 1. The molecule has 0 aliphatic heterocycles. The number of benzene rings is 2. The Kier molecular flexibility index (Phi) is 4.67. The summed E-state index contributed by atoms with van der Waals surface area (Å²) in [6.07, 6.45) is 0.887. The molecular formula is C15H14BrClO. The van der Waals surface area contributed by atoms with E-state index in [1.165, 1.54) is 5.56 Å². The Bertz CT molecular complexity index is 523. The fraction of sp³-hybridized carbons (Fsp3) is 0.200. The third kappa shape index (κ3) is 3.27. The average molecular weight is 326 g/mol. The van der Waals surface area contributed by atoms with Crippen molar-refractivity contribution in [1.29, 1.82) is 0 Å². The fourth-order valence-corrected chi connectivity index (χ4v) is 2.22. The quantitative estimate of drug-likeness (QED) is 0.690. The lowest BCUT2D eigenvalue weighted by Crippen LogP contribution is -1.90. The molecule has 1 nitrogen and oxygen atoms in total. The third-order valence-corrected chi connectivity index (χ3v) is 3.80. The van der Waals surface area contributed by atoms with Gasteiger partial charge in [0, 0.05) is 15.9 Å². The molecule has 0 fully saturated rings. The van der Waals surface area contributed by atoms with Gasteiger partial charge in [0.25, 0.3) is 0 Å². The fourth-order valence-electron chi connectivity index (χ4n) is 1.66. The van der Waals surface area contributed by atoms with Crippen molar-refractivity contribution in [2.75, 3.05) is 5.88 Å². The van der Waals surface area contributed by atoms with Crippen LogP contribution in [0.25, 0.3) is 0 Å². The molecule has 0 saturated heterocycles. The van der Waals surface area contributed by atoms with Crippen molar-refractivity contribution in [2.45, 2.75) is 13.3 Å². The van der Waals surface area contributed by atoms with Gasteiger partial charge in [0.1, 0.15) is 11.5 Å². The molecule has 0 heterocycles. The minimum atomic E-state index is 0.644. The standard InChI is InChI=1S/C15H14BrClO/c1-11-14(16)3-2-4-15(11)18-13-7-5-12(6-8-13)9-10-17/h2-8H,9-10H2,1H3. The van der Waals surface area contributed by atoms with Crippen LogP contribution in [0.5, 0.6) is 11.5 Å². The first-order valence-corrected chi connectivity index (χ1v) is 7.11. The van der Waals surface area contributed by atoms with Gasteiger partial charge in [0.05, 0.1) is 0 Å². The van der Waals surface area contributed by atoms with Gasteiger partial charge in [-0.05, 0) is 43.2 Å². The second kappa shape index (κ2) is 6.26. The van der Waals surface area contributed by atoms with Crippen molar-refractivity contribution in [3.8, 4) is 11.5 Å². The van der Waals surface area contributed by atoms with Gasteiger partial charge in [-0.1, -0.05) is 34.1 Å². The summed E-state index contributed by atoms with van der Waals surface area (Å²) in [7, 11) is 0. The van der Waals surface area contributed by atoms with Crippen LogP contribution in [0, 0.1) is 6.92 Å². The number of halogens is 2. The van der Waals surface area contributed by atoms with E-state index in [2.05, 4.69) is 15.9 Å². The Hall–Kier alpha value is -0.990. The van der Waals surface area contributed by atoms with Crippen LogP contribution >= 0.6 is 27.5 Å². The van der Waals surface area contributed by atoms with Crippen LogP contribution in [-0.4, -0.2) is 5.88 Å². The average Bonchev–Trinajstić information content (AvgIpc) is 2.38. The SMILES string of the molecule is Cc1c(Br)cccc1Oc1ccc(CCCl)cc1. The first-order chi connectivity index (χ1) is 8.70. The summed E-state index contributed by atoms with van der Waals surface area (Å²) in [5.41, 5.74) is 2.32. The number of hydrogen-bond acceptors (Lipinski definition) is 1. The van der Waals surface area contributed by atoms with E-state index in [0.717, 1.165) is 28.0 Å². The second-order valence-corrected chi connectivity index (χ2v) is 5.28. The van der Waals surface area contributed by atoms with Gasteiger partial charge in [-0.2, -0.15) is 0 Å². The van der Waals surface area contributed by atoms with Crippen molar-refractivity contribution in [1.82, 2.24) is 0 Å². The third-order valence-electron chi connectivity index (χ3n) is 2.75. The molecule has 0 aromatic heterocycles. The Morgan fingerprint density at radius 1 is 1.11 bits per heavy atom. The van der Waals surface area contributed by atoms with E-state index in [4.69, 9.17) is 16.3 Å². The Balaban J connectivity index is 2.16. The van der Waals surface area contributed by atoms with Crippen LogP contribution in [0.1, 0.15) is 11.1 Å². The molecule has 0 aliphatic rings. The van der Waals surface area contributed by atoms with Crippen LogP contribution in [0.4, 0.5) is 0 Å². The lowest BCUT2D eigenvalue weighted by molar-refractivity contribution is 0.478. The molecule has 2 aromatic carbocycles. The van der Waals surface area contributed by atoms with Crippen LogP contribution in [-0.2, 0) is 6.42 Å². The zero-order chi connectivity index (χ0) is 13.0. The zero-order valence-electron chi connectivity index (χ0n) is 10.1. The molecule has 18 heavy (non-hydrogen) atoms. The largest absolute Gasteiger partial charge is 0.457 e. The zero-order valence-corrected chi connectivity index (χ0v) is 12.5. The van der Waals surface area contributed by atoms with Crippen molar-refractivity contribution in [3.05, 3.63) is 58.1 Å². The highest BCUT2D eigenvalue weighted by molar-refractivity contribution is 9.10. The smallest absolute Gasteiger partial charge is 0.131 e. The molecule has 0 saturated carbocycles. The maximum atomic E-state index is 5.86. The minimum Gasteiger partial charge on any atom is -0.457 e. The monoisotopic (exact) mass is 324 g/mol. The molecule has 0 N–H and O–H groups in total.